The van der Waals surface area contributed by atoms with Crippen LogP contribution in [-0.4, -0.2) is 48.5 Å². The molecule has 0 saturated carbocycles. The van der Waals surface area contributed by atoms with Crippen molar-refractivity contribution in [2.24, 2.45) is 0 Å². The highest BCUT2D eigenvalue weighted by molar-refractivity contribution is 5.65. The van der Waals surface area contributed by atoms with E-state index >= 15 is 0 Å². The van der Waals surface area contributed by atoms with Crippen molar-refractivity contribution in [1.29, 1.82) is 0 Å². The Morgan fingerprint density at radius 2 is 2.55 bits per heavy atom. The molecule has 2 N–H and O–H groups in total. The minimum Gasteiger partial charge on any atom is -0.465 e. The minimum atomic E-state index is -1.03. The standard InChI is InChI=1S/C6H11FN2O2/c7-3-5-4-8-1-2-9(5)6(10)11/h5,8H,1-4H2,(H,10,11)/t5-/m0/s1. The molecule has 1 rings (SSSR count). The topological polar surface area (TPSA) is 52.6 Å². The highest BCUT2D eigenvalue weighted by Crippen LogP contribution is 2.03. The van der Waals surface area contributed by atoms with Crippen molar-refractivity contribution in [3.05, 3.63) is 0 Å². The number of rotatable bonds is 1. The second-order valence-electron chi connectivity index (χ2n) is 2.49. The van der Waals surface area contributed by atoms with Gasteiger partial charge in [0.1, 0.15) is 6.67 Å². The summed E-state index contributed by atoms with van der Waals surface area (Å²) in [5.41, 5.74) is 0. The molecule has 4 nitrogen and oxygen atoms in total. The fourth-order valence-electron chi connectivity index (χ4n) is 1.15. The van der Waals surface area contributed by atoms with Crippen LogP contribution in [0.3, 0.4) is 0 Å². The summed E-state index contributed by atoms with van der Waals surface area (Å²) >= 11 is 0. The van der Waals surface area contributed by atoms with Crippen LogP contribution in [0.1, 0.15) is 0 Å². The number of carboxylic acid groups (broad SMARTS) is 1. The first-order valence-electron chi connectivity index (χ1n) is 3.52. The van der Waals surface area contributed by atoms with Crippen LogP contribution in [-0.2, 0) is 0 Å². The molecule has 64 valence electrons. The van der Waals surface area contributed by atoms with Gasteiger partial charge in [-0.3, -0.25) is 0 Å². The number of hydrogen-bond donors (Lipinski definition) is 2. The first-order valence-corrected chi connectivity index (χ1v) is 3.52. The van der Waals surface area contributed by atoms with Gasteiger partial charge in [0, 0.05) is 19.6 Å². The molecule has 0 radical (unpaired) electrons. The summed E-state index contributed by atoms with van der Waals surface area (Å²) in [7, 11) is 0. The quantitative estimate of drug-likeness (QED) is 0.566. The lowest BCUT2D eigenvalue weighted by molar-refractivity contribution is 0.102. The molecular weight excluding hydrogens is 151 g/mol. The molecule has 0 unspecified atom stereocenters. The Bertz CT molecular complexity index is 154. The average molecular weight is 162 g/mol. The summed E-state index contributed by atoms with van der Waals surface area (Å²) < 4.78 is 12.1. The van der Waals surface area contributed by atoms with Gasteiger partial charge in [-0.1, -0.05) is 0 Å². The van der Waals surface area contributed by atoms with Crippen LogP contribution >= 0.6 is 0 Å². The molecule has 0 aromatic heterocycles. The normalized spacial score (nSPS) is 25.2. The Morgan fingerprint density at radius 3 is 3.00 bits per heavy atom. The largest absolute Gasteiger partial charge is 0.465 e. The maximum Gasteiger partial charge on any atom is 0.407 e. The first kappa shape index (κ1) is 8.26. The molecule has 1 saturated heterocycles. The van der Waals surface area contributed by atoms with E-state index in [9.17, 15) is 9.18 Å². The molecule has 0 bridgehead atoms. The average Bonchev–Trinajstić information content (AvgIpc) is 2.04. The van der Waals surface area contributed by atoms with Crippen molar-refractivity contribution in [2.75, 3.05) is 26.3 Å². The van der Waals surface area contributed by atoms with Gasteiger partial charge >= 0.3 is 6.09 Å². The predicted molar refractivity (Wildman–Crippen MR) is 37.4 cm³/mol. The molecule has 1 amide bonds. The van der Waals surface area contributed by atoms with Gasteiger partial charge in [0.15, 0.2) is 0 Å². The van der Waals surface area contributed by atoms with Crippen molar-refractivity contribution in [1.82, 2.24) is 10.2 Å². The summed E-state index contributed by atoms with van der Waals surface area (Å²) in [5, 5.41) is 11.5. The number of alkyl halides is 1. The Balaban J connectivity index is 2.51. The van der Waals surface area contributed by atoms with Gasteiger partial charge in [-0.25, -0.2) is 9.18 Å². The maximum atomic E-state index is 12.1. The summed E-state index contributed by atoms with van der Waals surface area (Å²) in [4.78, 5) is 11.6. The van der Waals surface area contributed by atoms with Gasteiger partial charge in [-0.2, -0.15) is 0 Å². The van der Waals surface area contributed by atoms with Crippen LogP contribution in [0.5, 0.6) is 0 Å². The van der Waals surface area contributed by atoms with Gasteiger partial charge in [0.2, 0.25) is 0 Å². The summed E-state index contributed by atoms with van der Waals surface area (Å²) in [6, 6.07) is -0.499. The lowest BCUT2D eigenvalue weighted by Crippen LogP contribution is -2.54. The van der Waals surface area contributed by atoms with E-state index in [1.165, 1.54) is 0 Å². The molecule has 11 heavy (non-hydrogen) atoms. The molecule has 5 heteroatoms. The molecule has 1 atom stereocenters. The number of halogens is 1. The second kappa shape index (κ2) is 3.52. The third kappa shape index (κ3) is 1.80. The molecule has 1 aliphatic heterocycles. The smallest absolute Gasteiger partial charge is 0.407 e. The maximum absolute atomic E-state index is 12.1. The fraction of sp³-hybridized carbons (Fsp3) is 0.833. The van der Waals surface area contributed by atoms with Gasteiger partial charge in [0.25, 0.3) is 0 Å². The van der Waals surface area contributed by atoms with Crippen LogP contribution in [0.25, 0.3) is 0 Å². The SMILES string of the molecule is O=C(O)N1CCNC[C@@H]1CF. The fourth-order valence-corrected chi connectivity index (χ4v) is 1.15. The van der Waals surface area contributed by atoms with Crippen molar-refractivity contribution in [3.8, 4) is 0 Å². The van der Waals surface area contributed by atoms with E-state index in [1.807, 2.05) is 0 Å². The molecule has 1 aliphatic rings. The monoisotopic (exact) mass is 162 g/mol. The van der Waals surface area contributed by atoms with E-state index < -0.39 is 18.8 Å². The Hall–Kier alpha value is -0.840. The van der Waals surface area contributed by atoms with Crippen molar-refractivity contribution in [2.45, 2.75) is 6.04 Å². The number of carbonyl (C=O) groups is 1. The molecular formula is C6H11FN2O2. The summed E-state index contributed by atoms with van der Waals surface area (Å²) in [6.07, 6.45) is -1.03. The van der Waals surface area contributed by atoms with E-state index in [2.05, 4.69) is 5.32 Å². The van der Waals surface area contributed by atoms with Crippen molar-refractivity contribution >= 4 is 6.09 Å². The molecule has 0 spiro atoms. The van der Waals surface area contributed by atoms with Crippen LogP contribution in [0, 0.1) is 0 Å². The third-order valence-electron chi connectivity index (χ3n) is 1.77. The second-order valence-corrected chi connectivity index (χ2v) is 2.49. The Labute approximate surface area is 64.0 Å². The summed E-state index contributed by atoms with van der Waals surface area (Å²) in [5.74, 6) is 0. The number of piperazine rings is 1. The van der Waals surface area contributed by atoms with Gasteiger partial charge in [0.05, 0.1) is 6.04 Å². The van der Waals surface area contributed by atoms with E-state index in [1.54, 1.807) is 0 Å². The van der Waals surface area contributed by atoms with E-state index in [4.69, 9.17) is 5.11 Å². The van der Waals surface area contributed by atoms with Crippen LogP contribution in [0.4, 0.5) is 9.18 Å². The number of amides is 1. The zero-order valence-electron chi connectivity index (χ0n) is 6.09. The third-order valence-corrected chi connectivity index (χ3v) is 1.77. The number of hydrogen-bond acceptors (Lipinski definition) is 2. The molecule has 0 aliphatic carbocycles. The summed E-state index contributed by atoms with van der Waals surface area (Å²) in [6.45, 7) is 0.800. The highest BCUT2D eigenvalue weighted by atomic mass is 19.1. The van der Waals surface area contributed by atoms with Gasteiger partial charge < -0.3 is 15.3 Å². The predicted octanol–water partition coefficient (Wildman–Crippen LogP) is -0.0923. The van der Waals surface area contributed by atoms with E-state index in [0.717, 1.165) is 4.90 Å². The number of nitrogens with zero attached hydrogens (tertiary/aromatic N) is 1. The van der Waals surface area contributed by atoms with Crippen LogP contribution < -0.4 is 5.32 Å². The molecule has 1 heterocycles. The van der Waals surface area contributed by atoms with E-state index in [-0.39, 0.29) is 0 Å². The first-order chi connectivity index (χ1) is 5.25. The van der Waals surface area contributed by atoms with Crippen LogP contribution in [0.2, 0.25) is 0 Å². The minimum absolute atomic E-state index is 0.379. The van der Waals surface area contributed by atoms with E-state index in [0.29, 0.717) is 19.6 Å². The van der Waals surface area contributed by atoms with Gasteiger partial charge in [-0.15, -0.1) is 0 Å². The van der Waals surface area contributed by atoms with Crippen molar-refractivity contribution < 1.29 is 14.3 Å². The van der Waals surface area contributed by atoms with Crippen LogP contribution in [0.15, 0.2) is 0 Å². The van der Waals surface area contributed by atoms with Gasteiger partial charge in [-0.05, 0) is 0 Å². The lowest BCUT2D eigenvalue weighted by atomic mass is 10.2. The zero-order valence-corrected chi connectivity index (χ0v) is 6.09. The lowest BCUT2D eigenvalue weighted by Gasteiger charge is -2.31. The number of nitrogens with one attached hydrogen (secondary N) is 1. The molecule has 1 fully saturated rings. The Morgan fingerprint density at radius 1 is 1.82 bits per heavy atom. The zero-order chi connectivity index (χ0) is 8.27. The Kier molecular flexibility index (Phi) is 2.64. The van der Waals surface area contributed by atoms with Crippen molar-refractivity contribution in [3.63, 3.8) is 0 Å². The molecule has 0 aromatic rings. The highest BCUT2D eigenvalue weighted by Gasteiger charge is 2.25. The molecule has 0 aromatic carbocycles.